The standard InChI is InChI=1S/C12H22N2O4/c1-8-3-14(4-9(5-15)18-8)11(16)12(2)7-17-6-10(12)13/h8-10,15H,3-7,13H2,1-2H3. The summed E-state index contributed by atoms with van der Waals surface area (Å²) in [6.07, 6.45) is -0.373. The van der Waals surface area contributed by atoms with E-state index in [0.29, 0.717) is 26.3 Å². The lowest BCUT2D eigenvalue weighted by Crippen LogP contribution is -2.57. The third kappa shape index (κ3) is 2.38. The average Bonchev–Trinajstić information content (AvgIpc) is 2.69. The van der Waals surface area contributed by atoms with Crippen molar-refractivity contribution in [3.05, 3.63) is 0 Å². The second-order valence-electron chi connectivity index (χ2n) is 5.50. The number of hydrogen-bond acceptors (Lipinski definition) is 5. The molecule has 2 heterocycles. The molecule has 18 heavy (non-hydrogen) atoms. The summed E-state index contributed by atoms with van der Waals surface area (Å²) in [6.45, 7) is 5.41. The van der Waals surface area contributed by atoms with Crippen LogP contribution in [-0.4, -0.2) is 67.1 Å². The summed E-state index contributed by atoms with van der Waals surface area (Å²) in [5.74, 6) is 0.00102. The van der Waals surface area contributed by atoms with E-state index in [2.05, 4.69) is 0 Å². The van der Waals surface area contributed by atoms with E-state index in [1.54, 1.807) is 4.90 Å². The Kier molecular flexibility index (Phi) is 3.91. The molecular formula is C12H22N2O4. The van der Waals surface area contributed by atoms with Gasteiger partial charge in [-0.2, -0.15) is 0 Å². The third-order valence-corrected chi connectivity index (χ3v) is 3.82. The number of morpholine rings is 1. The van der Waals surface area contributed by atoms with Crippen LogP contribution in [0.2, 0.25) is 0 Å². The zero-order valence-electron chi connectivity index (χ0n) is 11.0. The van der Waals surface area contributed by atoms with Gasteiger partial charge in [0, 0.05) is 19.1 Å². The van der Waals surface area contributed by atoms with Gasteiger partial charge >= 0.3 is 0 Å². The summed E-state index contributed by atoms with van der Waals surface area (Å²) in [4.78, 5) is 14.3. The van der Waals surface area contributed by atoms with Gasteiger partial charge in [0.2, 0.25) is 5.91 Å². The van der Waals surface area contributed by atoms with E-state index < -0.39 is 5.41 Å². The highest BCUT2D eigenvalue weighted by molar-refractivity contribution is 5.84. The second kappa shape index (κ2) is 5.13. The van der Waals surface area contributed by atoms with Crippen molar-refractivity contribution in [2.45, 2.75) is 32.1 Å². The van der Waals surface area contributed by atoms with Crippen molar-refractivity contribution in [2.24, 2.45) is 11.1 Å². The molecule has 3 N–H and O–H groups in total. The minimum absolute atomic E-state index is 0.00102. The molecule has 4 atom stereocenters. The molecule has 6 heteroatoms. The smallest absolute Gasteiger partial charge is 0.232 e. The minimum Gasteiger partial charge on any atom is -0.394 e. The molecule has 1 amide bonds. The Morgan fingerprint density at radius 3 is 2.83 bits per heavy atom. The summed E-state index contributed by atoms with van der Waals surface area (Å²) in [5, 5.41) is 9.18. The fourth-order valence-electron chi connectivity index (χ4n) is 2.58. The van der Waals surface area contributed by atoms with Crippen molar-refractivity contribution in [2.75, 3.05) is 32.9 Å². The topological polar surface area (TPSA) is 85.0 Å². The van der Waals surface area contributed by atoms with Gasteiger partial charge in [0.15, 0.2) is 0 Å². The van der Waals surface area contributed by atoms with E-state index in [1.807, 2.05) is 13.8 Å². The number of carbonyl (C=O) groups excluding carboxylic acids is 1. The quantitative estimate of drug-likeness (QED) is 0.661. The summed E-state index contributed by atoms with van der Waals surface area (Å²) in [7, 11) is 0. The van der Waals surface area contributed by atoms with Crippen molar-refractivity contribution in [1.82, 2.24) is 4.90 Å². The Hall–Kier alpha value is -0.690. The minimum atomic E-state index is -0.656. The second-order valence-corrected chi connectivity index (χ2v) is 5.50. The van der Waals surface area contributed by atoms with Gasteiger partial charge in [0.25, 0.3) is 0 Å². The number of carbonyl (C=O) groups is 1. The van der Waals surface area contributed by atoms with Crippen LogP contribution in [0.15, 0.2) is 0 Å². The van der Waals surface area contributed by atoms with Crippen molar-refractivity contribution in [3.8, 4) is 0 Å². The first-order chi connectivity index (χ1) is 8.47. The summed E-state index contributed by atoms with van der Waals surface area (Å²) in [5.41, 5.74) is 5.31. The molecule has 2 rings (SSSR count). The molecule has 2 aliphatic rings. The maximum absolute atomic E-state index is 12.6. The zero-order chi connectivity index (χ0) is 13.3. The highest BCUT2D eigenvalue weighted by Gasteiger charge is 2.47. The first-order valence-electron chi connectivity index (χ1n) is 6.36. The lowest BCUT2D eigenvalue weighted by Gasteiger charge is -2.40. The molecule has 4 unspecified atom stereocenters. The molecule has 0 spiro atoms. The van der Waals surface area contributed by atoms with Crippen LogP contribution >= 0.6 is 0 Å². The van der Waals surface area contributed by atoms with Gasteiger partial charge in [-0.3, -0.25) is 4.79 Å². The fourth-order valence-corrected chi connectivity index (χ4v) is 2.58. The summed E-state index contributed by atoms with van der Waals surface area (Å²) < 4.78 is 10.8. The highest BCUT2D eigenvalue weighted by atomic mass is 16.5. The first-order valence-corrected chi connectivity index (χ1v) is 6.36. The molecule has 0 bridgehead atoms. The van der Waals surface area contributed by atoms with Crippen LogP contribution in [0, 0.1) is 5.41 Å². The van der Waals surface area contributed by atoms with Crippen LogP contribution < -0.4 is 5.73 Å². The van der Waals surface area contributed by atoms with E-state index in [1.165, 1.54) is 0 Å². The molecule has 0 aromatic rings. The average molecular weight is 258 g/mol. The number of aliphatic hydroxyl groups is 1. The van der Waals surface area contributed by atoms with Crippen LogP contribution in [-0.2, 0) is 14.3 Å². The Morgan fingerprint density at radius 2 is 2.28 bits per heavy atom. The SMILES string of the molecule is CC1CN(C(=O)C2(C)COCC2N)CC(CO)O1. The monoisotopic (exact) mass is 258 g/mol. The number of rotatable bonds is 2. The molecule has 2 saturated heterocycles. The molecule has 2 fully saturated rings. The number of ether oxygens (including phenoxy) is 2. The molecular weight excluding hydrogens is 236 g/mol. The molecule has 0 aromatic heterocycles. The molecule has 6 nitrogen and oxygen atoms in total. The number of nitrogens with two attached hydrogens (primary N) is 1. The van der Waals surface area contributed by atoms with Crippen LogP contribution in [0.5, 0.6) is 0 Å². The molecule has 0 aromatic carbocycles. The van der Waals surface area contributed by atoms with Crippen LogP contribution in [0.4, 0.5) is 0 Å². The normalized spacial score (nSPS) is 41.1. The van der Waals surface area contributed by atoms with Gasteiger partial charge in [-0.15, -0.1) is 0 Å². The fraction of sp³-hybridized carbons (Fsp3) is 0.917. The zero-order valence-corrected chi connectivity index (χ0v) is 11.0. The molecule has 0 saturated carbocycles. The predicted molar refractivity (Wildman–Crippen MR) is 64.9 cm³/mol. The van der Waals surface area contributed by atoms with Crippen LogP contribution in [0.25, 0.3) is 0 Å². The van der Waals surface area contributed by atoms with E-state index >= 15 is 0 Å². The van der Waals surface area contributed by atoms with Gasteiger partial charge in [-0.25, -0.2) is 0 Å². The molecule has 104 valence electrons. The number of hydrogen-bond donors (Lipinski definition) is 2. The van der Waals surface area contributed by atoms with Crippen molar-refractivity contribution in [3.63, 3.8) is 0 Å². The Morgan fingerprint density at radius 1 is 1.56 bits per heavy atom. The van der Waals surface area contributed by atoms with Crippen molar-refractivity contribution in [1.29, 1.82) is 0 Å². The maximum atomic E-state index is 12.6. The van der Waals surface area contributed by atoms with Gasteiger partial charge in [0.05, 0.1) is 37.4 Å². The van der Waals surface area contributed by atoms with E-state index in [-0.39, 0.29) is 30.8 Å². The molecule has 0 aliphatic carbocycles. The van der Waals surface area contributed by atoms with Gasteiger partial charge < -0.3 is 25.2 Å². The summed E-state index contributed by atoms with van der Waals surface area (Å²) >= 11 is 0. The van der Waals surface area contributed by atoms with E-state index in [0.717, 1.165) is 0 Å². The highest BCUT2D eigenvalue weighted by Crippen LogP contribution is 2.30. The van der Waals surface area contributed by atoms with Crippen molar-refractivity contribution >= 4 is 5.91 Å². The first kappa shape index (κ1) is 13.7. The van der Waals surface area contributed by atoms with Crippen molar-refractivity contribution < 1.29 is 19.4 Å². The largest absolute Gasteiger partial charge is 0.394 e. The third-order valence-electron chi connectivity index (χ3n) is 3.82. The number of aliphatic hydroxyl groups excluding tert-OH is 1. The Labute approximate surface area is 107 Å². The van der Waals surface area contributed by atoms with Gasteiger partial charge in [-0.1, -0.05) is 0 Å². The van der Waals surface area contributed by atoms with Crippen LogP contribution in [0.1, 0.15) is 13.8 Å². The lowest BCUT2D eigenvalue weighted by molar-refractivity contribution is -0.156. The Bertz CT molecular complexity index is 325. The van der Waals surface area contributed by atoms with E-state index in [4.69, 9.17) is 15.2 Å². The maximum Gasteiger partial charge on any atom is 0.232 e. The van der Waals surface area contributed by atoms with Crippen LogP contribution in [0.3, 0.4) is 0 Å². The lowest BCUT2D eigenvalue weighted by atomic mass is 9.84. The Balaban J connectivity index is 2.08. The summed E-state index contributed by atoms with van der Waals surface area (Å²) in [6, 6.07) is -0.268. The van der Waals surface area contributed by atoms with Gasteiger partial charge in [-0.05, 0) is 13.8 Å². The number of nitrogens with zero attached hydrogens (tertiary/aromatic N) is 1. The number of amides is 1. The molecule has 0 radical (unpaired) electrons. The van der Waals surface area contributed by atoms with Gasteiger partial charge in [0.1, 0.15) is 0 Å². The predicted octanol–water partition coefficient (Wildman–Crippen LogP) is -1.04. The van der Waals surface area contributed by atoms with E-state index in [9.17, 15) is 9.90 Å². The molecule has 2 aliphatic heterocycles.